The van der Waals surface area contributed by atoms with E-state index in [0.717, 1.165) is 12.0 Å². The molecule has 0 fully saturated rings. The Bertz CT molecular complexity index is 1030. The molecule has 0 heterocycles. The summed E-state index contributed by atoms with van der Waals surface area (Å²) in [6, 6.07) is 10.5. The van der Waals surface area contributed by atoms with Gasteiger partial charge in [0.1, 0.15) is 17.5 Å². The van der Waals surface area contributed by atoms with Crippen molar-refractivity contribution in [2.45, 2.75) is 52.2 Å². The summed E-state index contributed by atoms with van der Waals surface area (Å²) >= 11 is 0. The number of nitrogens with zero attached hydrogens (tertiary/aromatic N) is 2. The third kappa shape index (κ3) is 7.59. The Labute approximate surface area is 205 Å². The van der Waals surface area contributed by atoms with Gasteiger partial charge in [0.25, 0.3) is 5.91 Å². The molecule has 0 bridgehead atoms. The van der Waals surface area contributed by atoms with Crippen LogP contribution in [-0.4, -0.2) is 54.5 Å². The first kappa shape index (κ1) is 27.4. The zero-order valence-corrected chi connectivity index (χ0v) is 20.8. The first-order chi connectivity index (χ1) is 16.7. The number of hydrogen-bond acceptors (Lipinski definition) is 7. The molecule has 2 amide bonds. The number of methoxy groups -OCH3 is 2. The normalized spacial score (nSPS) is 12.3. The van der Waals surface area contributed by atoms with Crippen LogP contribution in [0.15, 0.2) is 42.5 Å². The van der Waals surface area contributed by atoms with E-state index in [4.69, 9.17) is 14.2 Å². The molecule has 0 saturated carbocycles. The molecule has 2 rings (SSSR count). The molecule has 2 atom stereocenters. The van der Waals surface area contributed by atoms with E-state index in [-0.39, 0.29) is 42.3 Å². The van der Waals surface area contributed by atoms with Crippen molar-refractivity contribution in [3.63, 3.8) is 0 Å². The highest BCUT2D eigenvalue weighted by Gasteiger charge is 2.29. The smallest absolute Gasteiger partial charge is 0.311 e. The van der Waals surface area contributed by atoms with Crippen LogP contribution in [-0.2, 0) is 16.1 Å². The number of rotatable bonds is 13. The number of amides is 2. The zero-order valence-electron chi connectivity index (χ0n) is 20.8. The summed E-state index contributed by atoms with van der Waals surface area (Å²) in [5, 5.41) is 14.1. The summed E-state index contributed by atoms with van der Waals surface area (Å²) in [4.78, 5) is 38.4. The van der Waals surface area contributed by atoms with E-state index >= 15 is 0 Å². The average molecular weight is 488 g/mol. The second kappa shape index (κ2) is 13.2. The van der Waals surface area contributed by atoms with Gasteiger partial charge in [-0.3, -0.25) is 19.7 Å². The van der Waals surface area contributed by atoms with Crippen LogP contribution in [0.3, 0.4) is 0 Å². The highest BCUT2D eigenvalue weighted by atomic mass is 16.6. The second-order valence-electron chi connectivity index (χ2n) is 7.99. The molecular weight excluding hydrogens is 454 g/mol. The summed E-state index contributed by atoms with van der Waals surface area (Å²) in [7, 11) is 2.87. The number of nitro benzene ring substituents is 1. The topological polar surface area (TPSA) is 120 Å². The summed E-state index contributed by atoms with van der Waals surface area (Å²) in [5.41, 5.74) is 0.586. The van der Waals surface area contributed by atoms with Crippen molar-refractivity contribution in [1.29, 1.82) is 0 Å². The maximum atomic E-state index is 13.3. The van der Waals surface area contributed by atoms with E-state index in [2.05, 4.69) is 5.32 Å². The minimum absolute atomic E-state index is 0.0209. The molecule has 2 aromatic rings. The Morgan fingerprint density at radius 2 is 1.80 bits per heavy atom. The molecule has 0 aliphatic carbocycles. The van der Waals surface area contributed by atoms with Crippen LogP contribution in [0, 0.1) is 10.1 Å². The fourth-order valence-electron chi connectivity index (χ4n) is 3.45. The van der Waals surface area contributed by atoms with Gasteiger partial charge in [-0.1, -0.05) is 26.0 Å². The van der Waals surface area contributed by atoms with E-state index in [0.29, 0.717) is 12.2 Å². The van der Waals surface area contributed by atoms with Crippen LogP contribution in [0.25, 0.3) is 0 Å². The van der Waals surface area contributed by atoms with Crippen LogP contribution in [0.2, 0.25) is 0 Å². The molecule has 0 spiro atoms. The molecule has 0 saturated heterocycles. The molecule has 0 radical (unpaired) electrons. The summed E-state index contributed by atoms with van der Waals surface area (Å²) in [6.45, 7) is 5.53. The predicted molar refractivity (Wildman–Crippen MR) is 131 cm³/mol. The van der Waals surface area contributed by atoms with Crippen molar-refractivity contribution < 1.29 is 28.7 Å². The second-order valence-corrected chi connectivity index (χ2v) is 7.99. The quantitative estimate of drug-likeness (QED) is 0.338. The van der Waals surface area contributed by atoms with Crippen LogP contribution >= 0.6 is 0 Å². The van der Waals surface area contributed by atoms with Gasteiger partial charge in [0.15, 0.2) is 6.61 Å². The Kier molecular flexibility index (Phi) is 10.3. The van der Waals surface area contributed by atoms with Gasteiger partial charge < -0.3 is 24.4 Å². The first-order valence-electron chi connectivity index (χ1n) is 11.4. The molecule has 0 aliphatic heterocycles. The minimum Gasteiger partial charge on any atom is -0.497 e. The van der Waals surface area contributed by atoms with Crippen LogP contribution in [0.1, 0.15) is 39.2 Å². The van der Waals surface area contributed by atoms with Crippen molar-refractivity contribution in [2.24, 2.45) is 0 Å². The standard InChI is InChI=1S/C25H33N3O7/c1-6-17(3)26-25(30)21(7-2)27(15-18-9-8-10-19(13-18)33-4)24(29)16-35-20-11-12-22(28(31)32)23(14-20)34-5/h8-14,17,21H,6-7,15-16H2,1-5H3,(H,26,30)/t17-,21-/m0/s1. The molecule has 1 N–H and O–H groups in total. The van der Waals surface area contributed by atoms with Gasteiger partial charge in [0.05, 0.1) is 19.1 Å². The number of carbonyl (C=O) groups excluding carboxylic acids is 2. The first-order valence-corrected chi connectivity index (χ1v) is 11.4. The van der Waals surface area contributed by atoms with Crippen LogP contribution in [0.4, 0.5) is 5.69 Å². The summed E-state index contributed by atoms with van der Waals surface area (Å²) < 4.78 is 16.0. The predicted octanol–water partition coefficient (Wildman–Crippen LogP) is 3.71. The highest BCUT2D eigenvalue weighted by Crippen LogP contribution is 2.30. The lowest BCUT2D eigenvalue weighted by molar-refractivity contribution is -0.385. The minimum atomic E-state index is -0.710. The molecule has 0 unspecified atom stereocenters. The van der Waals surface area contributed by atoms with E-state index in [1.165, 1.54) is 30.2 Å². The Morgan fingerprint density at radius 1 is 1.06 bits per heavy atom. The molecule has 10 nitrogen and oxygen atoms in total. The Hall–Kier alpha value is -3.82. The van der Waals surface area contributed by atoms with Gasteiger partial charge in [0, 0.05) is 24.7 Å². The number of hydrogen-bond donors (Lipinski definition) is 1. The molecular formula is C25H33N3O7. The maximum absolute atomic E-state index is 13.3. The fraction of sp³-hybridized carbons (Fsp3) is 0.440. The van der Waals surface area contributed by atoms with E-state index in [1.54, 1.807) is 13.2 Å². The molecule has 0 aromatic heterocycles. The SMILES string of the molecule is CC[C@H](C)NC(=O)[C@H](CC)N(Cc1cccc(OC)c1)C(=O)COc1ccc([N+](=O)[O-])c(OC)c1. The number of benzene rings is 2. The fourth-order valence-corrected chi connectivity index (χ4v) is 3.45. The van der Waals surface area contributed by atoms with Gasteiger partial charge in [-0.2, -0.15) is 0 Å². The summed E-state index contributed by atoms with van der Waals surface area (Å²) in [5.74, 6) is 0.249. The number of ether oxygens (including phenoxy) is 3. The Morgan fingerprint density at radius 3 is 2.40 bits per heavy atom. The van der Waals surface area contributed by atoms with Gasteiger partial charge in [0.2, 0.25) is 11.7 Å². The largest absolute Gasteiger partial charge is 0.497 e. The molecule has 0 aliphatic rings. The zero-order chi connectivity index (χ0) is 26.0. The van der Waals surface area contributed by atoms with Crippen molar-refractivity contribution >= 4 is 17.5 Å². The molecule has 35 heavy (non-hydrogen) atoms. The van der Waals surface area contributed by atoms with Gasteiger partial charge in [-0.15, -0.1) is 0 Å². The maximum Gasteiger partial charge on any atom is 0.311 e. The lowest BCUT2D eigenvalue weighted by Crippen LogP contribution is -2.51. The van der Waals surface area contributed by atoms with E-state index in [9.17, 15) is 19.7 Å². The molecule has 2 aromatic carbocycles. The lowest BCUT2D eigenvalue weighted by Gasteiger charge is -2.31. The Balaban J connectivity index is 2.27. The van der Waals surface area contributed by atoms with Crippen molar-refractivity contribution in [3.05, 3.63) is 58.1 Å². The van der Waals surface area contributed by atoms with E-state index < -0.39 is 16.9 Å². The number of nitro groups is 1. The van der Waals surface area contributed by atoms with Crippen molar-refractivity contribution in [2.75, 3.05) is 20.8 Å². The highest BCUT2D eigenvalue weighted by molar-refractivity contribution is 5.88. The third-order valence-electron chi connectivity index (χ3n) is 5.58. The number of nitrogens with one attached hydrogen (secondary N) is 1. The monoisotopic (exact) mass is 487 g/mol. The summed E-state index contributed by atoms with van der Waals surface area (Å²) in [6.07, 6.45) is 1.17. The molecule has 190 valence electrons. The van der Waals surface area contributed by atoms with Gasteiger partial charge >= 0.3 is 5.69 Å². The van der Waals surface area contributed by atoms with Crippen molar-refractivity contribution in [1.82, 2.24) is 10.2 Å². The van der Waals surface area contributed by atoms with Gasteiger partial charge in [-0.05, 0) is 43.5 Å². The third-order valence-corrected chi connectivity index (χ3v) is 5.58. The van der Waals surface area contributed by atoms with Gasteiger partial charge in [-0.25, -0.2) is 0 Å². The lowest BCUT2D eigenvalue weighted by atomic mass is 10.1. The van der Waals surface area contributed by atoms with Crippen molar-refractivity contribution in [3.8, 4) is 17.2 Å². The van der Waals surface area contributed by atoms with Crippen LogP contribution in [0.5, 0.6) is 17.2 Å². The average Bonchev–Trinajstić information content (AvgIpc) is 2.86. The van der Waals surface area contributed by atoms with E-state index in [1.807, 2.05) is 39.0 Å². The molecule has 10 heteroatoms. The number of carbonyl (C=O) groups is 2. The van der Waals surface area contributed by atoms with Crippen LogP contribution < -0.4 is 19.5 Å².